The number of benzene rings is 2. The molecule has 0 heterocycles. The van der Waals surface area contributed by atoms with Gasteiger partial charge in [0.15, 0.2) is 0 Å². The summed E-state index contributed by atoms with van der Waals surface area (Å²) >= 11 is 5.57. The van der Waals surface area contributed by atoms with E-state index in [-0.39, 0.29) is 23.4 Å². The quantitative estimate of drug-likeness (QED) is 0.666. The Balaban J connectivity index is 1.97. The van der Waals surface area contributed by atoms with Gasteiger partial charge in [0.1, 0.15) is 0 Å². The highest BCUT2D eigenvalue weighted by Crippen LogP contribution is 2.36. The highest BCUT2D eigenvalue weighted by Gasteiger charge is 2.33. The third kappa shape index (κ3) is 5.49. The molecule has 1 amide bonds. The first-order chi connectivity index (χ1) is 12.0. The van der Waals surface area contributed by atoms with E-state index in [1.54, 1.807) is 0 Å². The Morgan fingerprint density at radius 3 is 2.19 bits per heavy atom. The molecule has 2 nitrogen and oxygen atoms in total. The minimum Gasteiger partial charge on any atom is -0.326 e. The fourth-order valence-corrected chi connectivity index (χ4v) is 2.70. The van der Waals surface area contributed by atoms with Crippen LogP contribution in [-0.2, 0) is 22.8 Å². The lowest BCUT2D eigenvalue weighted by Gasteiger charge is -2.19. The van der Waals surface area contributed by atoms with Gasteiger partial charge in [-0.25, -0.2) is 0 Å². The van der Waals surface area contributed by atoms with Crippen LogP contribution in [0, 0.1) is 0 Å². The van der Waals surface area contributed by atoms with E-state index in [2.05, 4.69) is 26.1 Å². The largest absolute Gasteiger partial charge is 0.417 e. The second-order valence-corrected chi connectivity index (χ2v) is 7.59. The van der Waals surface area contributed by atoms with Gasteiger partial charge >= 0.3 is 6.18 Å². The van der Waals surface area contributed by atoms with Crippen LogP contribution in [0.25, 0.3) is 0 Å². The van der Waals surface area contributed by atoms with Gasteiger partial charge in [0.2, 0.25) is 5.91 Å². The molecule has 1 N–H and O–H groups in total. The zero-order chi connectivity index (χ0) is 19.5. The highest BCUT2D eigenvalue weighted by atomic mass is 35.5. The minimum absolute atomic E-state index is 0.0562. The van der Waals surface area contributed by atoms with E-state index >= 15 is 0 Å². The fraction of sp³-hybridized carbons (Fsp3) is 0.350. The topological polar surface area (TPSA) is 29.1 Å². The molecule has 0 saturated carbocycles. The molecular formula is C20H21ClF3NO. The number of rotatable bonds is 4. The summed E-state index contributed by atoms with van der Waals surface area (Å²) < 4.78 is 38.6. The van der Waals surface area contributed by atoms with Crippen molar-refractivity contribution in [3.8, 4) is 0 Å². The van der Waals surface area contributed by atoms with Crippen LogP contribution >= 0.6 is 11.6 Å². The molecule has 26 heavy (non-hydrogen) atoms. The van der Waals surface area contributed by atoms with Gasteiger partial charge in [-0.15, -0.1) is 0 Å². The number of anilines is 1. The molecule has 0 saturated heterocycles. The Labute approximate surface area is 156 Å². The summed E-state index contributed by atoms with van der Waals surface area (Å²) in [6, 6.07) is 11.3. The summed E-state index contributed by atoms with van der Waals surface area (Å²) in [6.45, 7) is 6.37. The second-order valence-electron chi connectivity index (χ2n) is 7.19. The lowest BCUT2D eigenvalue weighted by Crippen LogP contribution is -2.14. The number of hydrogen-bond acceptors (Lipinski definition) is 1. The molecule has 0 aromatic heterocycles. The number of alkyl halides is 3. The summed E-state index contributed by atoms with van der Waals surface area (Å²) in [5.74, 6) is -0.347. The molecule has 0 bridgehead atoms. The maximum Gasteiger partial charge on any atom is 0.417 e. The first-order valence-electron chi connectivity index (χ1n) is 8.23. The number of aryl methyl sites for hydroxylation is 1. The molecule has 0 radical (unpaired) electrons. The Bertz CT molecular complexity index is 777. The van der Waals surface area contributed by atoms with Crippen molar-refractivity contribution >= 4 is 23.2 Å². The average molecular weight is 384 g/mol. The number of halogens is 4. The standard InChI is InChI=1S/C20H21ClF3NO/c1-19(2,3)14-7-4-13(5-8-14)6-11-18(26)25-15-9-10-17(21)16(12-15)20(22,23)24/h4-5,7-10,12H,6,11H2,1-3H3,(H,25,26). The van der Waals surface area contributed by atoms with Crippen LogP contribution in [-0.4, -0.2) is 5.91 Å². The second kappa shape index (κ2) is 7.70. The molecule has 2 aromatic rings. The Morgan fingerprint density at radius 2 is 1.65 bits per heavy atom. The molecule has 0 aliphatic heterocycles. The predicted molar refractivity (Wildman–Crippen MR) is 98.5 cm³/mol. The lowest BCUT2D eigenvalue weighted by molar-refractivity contribution is -0.137. The Morgan fingerprint density at radius 1 is 1.04 bits per heavy atom. The predicted octanol–water partition coefficient (Wildman–Crippen LogP) is 6.23. The lowest BCUT2D eigenvalue weighted by atomic mass is 9.86. The van der Waals surface area contributed by atoms with Crippen molar-refractivity contribution in [1.82, 2.24) is 0 Å². The number of nitrogens with one attached hydrogen (secondary N) is 1. The summed E-state index contributed by atoms with van der Waals surface area (Å²) in [4.78, 5) is 12.0. The molecular weight excluding hydrogens is 363 g/mol. The normalized spacial score (nSPS) is 12.1. The molecule has 0 aliphatic carbocycles. The van der Waals surface area contributed by atoms with Crippen molar-refractivity contribution < 1.29 is 18.0 Å². The Hall–Kier alpha value is -2.01. The number of hydrogen-bond donors (Lipinski definition) is 1. The zero-order valence-corrected chi connectivity index (χ0v) is 15.6. The van der Waals surface area contributed by atoms with Gasteiger partial charge in [-0.2, -0.15) is 13.2 Å². The van der Waals surface area contributed by atoms with E-state index in [0.717, 1.165) is 17.7 Å². The highest BCUT2D eigenvalue weighted by molar-refractivity contribution is 6.31. The van der Waals surface area contributed by atoms with E-state index in [1.165, 1.54) is 11.6 Å². The van der Waals surface area contributed by atoms with Gasteiger partial charge < -0.3 is 5.32 Å². The molecule has 6 heteroatoms. The Kier molecular flexibility index (Phi) is 6.02. The van der Waals surface area contributed by atoms with Crippen LogP contribution in [0.5, 0.6) is 0 Å². The molecule has 2 rings (SSSR count). The van der Waals surface area contributed by atoms with Crippen LogP contribution in [0.2, 0.25) is 5.02 Å². The van der Waals surface area contributed by atoms with Gasteiger partial charge in [0.05, 0.1) is 10.6 Å². The first kappa shape index (κ1) is 20.3. The number of carbonyl (C=O) groups is 1. The fourth-order valence-electron chi connectivity index (χ4n) is 2.47. The molecule has 0 spiro atoms. The van der Waals surface area contributed by atoms with Gasteiger partial charge in [-0.05, 0) is 41.2 Å². The molecule has 0 atom stereocenters. The third-order valence-corrected chi connectivity index (χ3v) is 4.35. The summed E-state index contributed by atoms with van der Waals surface area (Å²) in [7, 11) is 0. The van der Waals surface area contributed by atoms with Crippen LogP contribution in [0.3, 0.4) is 0 Å². The monoisotopic (exact) mass is 383 g/mol. The van der Waals surface area contributed by atoms with Crippen LogP contribution < -0.4 is 5.32 Å². The minimum atomic E-state index is -4.56. The molecule has 0 fully saturated rings. The van der Waals surface area contributed by atoms with Crippen molar-refractivity contribution in [2.24, 2.45) is 0 Å². The van der Waals surface area contributed by atoms with Crippen molar-refractivity contribution in [2.75, 3.05) is 5.32 Å². The first-order valence-corrected chi connectivity index (χ1v) is 8.60. The smallest absolute Gasteiger partial charge is 0.326 e. The van der Waals surface area contributed by atoms with E-state index in [0.29, 0.717) is 6.42 Å². The van der Waals surface area contributed by atoms with E-state index in [1.807, 2.05) is 24.3 Å². The van der Waals surface area contributed by atoms with Gasteiger partial charge in [-0.1, -0.05) is 56.6 Å². The molecule has 2 aromatic carbocycles. The van der Waals surface area contributed by atoms with E-state index in [4.69, 9.17) is 11.6 Å². The average Bonchev–Trinajstić information content (AvgIpc) is 2.53. The van der Waals surface area contributed by atoms with Crippen molar-refractivity contribution in [1.29, 1.82) is 0 Å². The van der Waals surface area contributed by atoms with E-state index in [9.17, 15) is 18.0 Å². The summed E-state index contributed by atoms with van der Waals surface area (Å²) in [5.41, 5.74) is 1.37. The van der Waals surface area contributed by atoms with Crippen molar-refractivity contribution in [3.63, 3.8) is 0 Å². The summed E-state index contributed by atoms with van der Waals surface area (Å²) in [5, 5.41) is 2.10. The summed E-state index contributed by atoms with van der Waals surface area (Å²) in [6.07, 6.45) is -3.87. The maximum absolute atomic E-state index is 12.9. The van der Waals surface area contributed by atoms with Crippen LogP contribution in [0.4, 0.5) is 18.9 Å². The van der Waals surface area contributed by atoms with Gasteiger partial charge in [-0.3, -0.25) is 4.79 Å². The third-order valence-electron chi connectivity index (χ3n) is 4.02. The zero-order valence-electron chi connectivity index (χ0n) is 14.9. The van der Waals surface area contributed by atoms with Crippen molar-refractivity contribution in [2.45, 2.75) is 45.2 Å². The van der Waals surface area contributed by atoms with Gasteiger partial charge in [0.25, 0.3) is 0 Å². The van der Waals surface area contributed by atoms with Gasteiger partial charge in [0, 0.05) is 12.1 Å². The maximum atomic E-state index is 12.9. The molecule has 140 valence electrons. The van der Waals surface area contributed by atoms with E-state index < -0.39 is 16.8 Å². The van der Waals surface area contributed by atoms with Crippen molar-refractivity contribution in [3.05, 3.63) is 64.2 Å². The molecule has 0 aliphatic rings. The number of carbonyl (C=O) groups excluding carboxylic acids is 1. The van der Waals surface area contributed by atoms with Crippen LogP contribution in [0.1, 0.15) is 43.9 Å². The SMILES string of the molecule is CC(C)(C)c1ccc(CCC(=O)Nc2ccc(Cl)c(C(F)(F)F)c2)cc1. The molecule has 0 unspecified atom stereocenters. The number of amides is 1. The van der Waals surface area contributed by atoms with Crippen LogP contribution in [0.15, 0.2) is 42.5 Å².